The van der Waals surface area contributed by atoms with Crippen molar-refractivity contribution in [3.63, 3.8) is 0 Å². The van der Waals surface area contributed by atoms with Gasteiger partial charge in [-0.2, -0.15) is 0 Å². The Labute approximate surface area is 416 Å². The molecule has 0 aromatic heterocycles. The Kier molecular flexibility index (Phi) is 9.76. The number of esters is 2. The van der Waals surface area contributed by atoms with E-state index in [9.17, 15) is 29.4 Å². The molecule has 11 rings (SSSR count). The first-order valence-corrected chi connectivity index (χ1v) is 26.8. The normalized spacial score (nSPS) is 50.5. The number of hydrogen-bond acceptors (Lipinski definition) is 10. The van der Waals surface area contributed by atoms with Crippen LogP contribution in [-0.2, 0) is 29.3 Å². The smallest absolute Gasteiger partial charge is 0.317 e. The zero-order valence-electron chi connectivity index (χ0n) is 44.7. The molecule has 0 bridgehead atoms. The first-order chi connectivity index (χ1) is 32.4. The number of hydrogen-bond donors (Lipinski definition) is 2. The number of aliphatic hydroxyl groups is 2. The highest BCUT2D eigenvalue weighted by atomic mass is 16.7. The summed E-state index contributed by atoms with van der Waals surface area (Å²) < 4.78 is 24.7. The molecule has 10 aliphatic rings. The Morgan fingerprint density at radius 3 is 1.80 bits per heavy atom. The van der Waals surface area contributed by atoms with Gasteiger partial charge in [0.25, 0.3) is 0 Å². The topological polar surface area (TPSA) is 146 Å². The van der Waals surface area contributed by atoms with Gasteiger partial charge in [0.2, 0.25) is 11.4 Å². The zero-order chi connectivity index (χ0) is 50.8. The van der Waals surface area contributed by atoms with Crippen LogP contribution in [0, 0.1) is 73.4 Å². The lowest BCUT2D eigenvalue weighted by atomic mass is 9.32. The molecule has 10 nitrogen and oxygen atoms in total. The summed E-state index contributed by atoms with van der Waals surface area (Å²) in [5.41, 5.74) is -0.671. The number of ether oxygens (including phenoxy) is 4. The molecule has 1 heterocycles. The lowest BCUT2D eigenvalue weighted by Crippen LogP contribution is -2.72. The van der Waals surface area contributed by atoms with Crippen LogP contribution in [0.5, 0.6) is 11.5 Å². The van der Waals surface area contributed by atoms with Crippen LogP contribution in [0.4, 0.5) is 0 Å². The number of benzene rings is 1. The molecule has 70 heavy (non-hydrogen) atoms. The van der Waals surface area contributed by atoms with Crippen LogP contribution >= 0.6 is 0 Å². The van der Waals surface area contributed by atoms with Gasteiger partial charge in [0, 0.05) is 28.0 Å². The lowest BCUT2D eigenvalue weighted by Gasteiger charge is -2.72. The van der Waals surface area contributed by atoms with E-state index in [0.29, 0.717) is 28.9 Å². The molecule has 6 saturated carbocycles. The third-order valence-electron chi connectivity index (χ3n) is 24.7. The molecule has 1 aliphatic heterocycles. The van der Waals surface area contributed by atoms with Crippen LogP contribution in [0.25, 0.3) is 0 Å². The number of methoxy groups -OCH3 is 2. The number of ketones is 2. The summed E-state index contributed by atoms with van der Waals surface area (Å²) >= 11 is 0. The molecular weight excluding hydrogens is 881 g/mol. The Morgan fingerprint density at radius 1 is 0.657 bits per heavy atom. The van der Waals surface area contributed by atoms with Crippen LogP contribution in [-0.4, -0.2) is 65.4 Å². The molecule has 0 amide bonds. The Hall–Kier alpha value is -3.76. The van der Waals surface area contributed by atoms with E-state index in [1.807, 2.05) is 25.1 Å². The molecule has 2 N–H and O–H groups in total. The van der Waals surface area contributed by atoms with Crippen molar-refractivity contribution in [2.24, 2.45) is 66.5 Å². The zero-order valence-corrected chi connectivity index (χ0v) is 44.7. The minimum atomic E-state index is -2.48. The SMILES string of the molecule is COC(=O)C1(C)CCC2(C)CCC3(C)C4=CC(=O)c5c(cc6c(c5C)OC5(O)C(=O)C=C7C(=CC(O)C8C7(C)CCC7(C)C9CC(C)(C(=O)OC)CCC9(C)CCC87C)C5(C)O6)C4(C)CCC3(C)C2C1. The molecule has 10 heteroatoms. The fraction of sp³-hybridized carbons (Fsp3) is 0.733. The molecule has 9 aliphatic carbocycles. The molecule has 6 fully saturated rings. The van der Waals surface area contributed by atoms with Gasteiger partial charge in [-0.05, 0) is 208 Å². The number of aliphatic hydroxyl groups excluding tert-OH is 1. The standard InChI is InChI=1S/C60H80O10/c1-33-44-36(53(6)21-25-56(9)41-31-51(4,47(64)67-13)17-15-49(41,2)19-23-55(56,8)40(53)30-37(44)61)28-39-45(33)70-60(66)43(63)29-34-35(59(60,12)69-39)27-38(62)46-54(34,7)22-26-57(10)42-32-52(5,48(65)68-14)18-16-50(42,3)20-24-58(46,57)11/h27-30,38,41-42,46,62,66H,15-26,31-32H2,1-14H3. The summed E-state index contributed by atoms with van der Waals surface area (Å²) in [6.45, 7) is 26.6. The summed E-state index contributed by atoms with van der Waals surface area (Å²) in [6, 6.07) is 1.96. The van der Waals surface area contributed by atoms with Gasteiger partial charge in [0.1, 0.15) is 0 Å². The van der Waals surface area contributed by atoms with Crippen LogP contribution in [0.2, 0.25) is 0 Å². The molecule has 16 atom stereocenters. The summed E-state index contributed by atoms with van der Waals surface area (Å²) in [6.07, 6.45) is 16.5. The maximum absolute atomic E-state index is 14.9. The summed E-state index contributed by atoms with van der Waals surface area (Å²) in [4.78, 5) is 56.4. The second-order valence-electron chi connectivity index (χ2n) is 27.8. The van der Waals surface area contributed by atoms with Crippen molar-refractivity contribution in [1.29, 1.82) is 0 Å². The van der Waals surface area contributed by atoms with E-state index in [1.165, 1.54) is 14.2 Å². The lowest BCUT2D eigenvalue weighted by molar-refractivity contribution is -0.242. The van der Waals surface area contributed by atoms with Gasteiger partial charge in [0.15, 0.2) is 17.3 Å². The average molecular weight is 961 g/mol. The molecule has 0 spiro atoms. The number of carbonyl (C=O) groups is 4. The highest BCUT2D eigenvalue weighted by Gasteiger charge is 2.74. The average Bonchev–Trinajstić information content (AvgIpc) is 3.30. The van der Waals surface area contributed by atoms with E-state index in [1.54, 1.807) is 13.0 Å². The number of fused-ring (bicyclic) bond motifs is 17. The van der Waals surface area contributed by atoms with Gasteiger partial charge in [-0.15, -0.1) is 0 Å². The van der Waals surface area contributed by atoms with Gasteiger partial charge in [-0.25, -0.2) is 0 Å². The predicted octanol–water partition coefficient (Wildman–Crippen LogP) is 11.2. The van der Waals surface area contributed by atoms with Gasteiger partial charge >= 0.3 is 17.7 Å². The van der Waals surface area contributed by atoms with Gasteiger partial charge in [-0.3, -0.25) is 19.2 Å². The van der Waals surface area contributed by atoms with E-state index in [4.69, 9.17) is 18.9 Å². The van der Waals surface area contributed by atoms with Crippen molar-refractivity contribution >= 4 is 23.5 Å². The van der Waals surface area contributed by atoms with Crippen molar-refractivity contribution in [2.45, 2.75) is 196 Å². The molecule has 16 unspecified atom stereocenters. The van der Waals surface area contributed by atoms with Crippen molar-refractivity contribution < 1.29 is 48.3 Å². The van der Waals surface area contributed by atoms with Gasteiger partial charge in [-0.1, -0.05) is 55.4 Å². The van der Waals surface area contributed by atoms with Crippen LogP contribution in [0.3, 0.4) is 0 Å². The van der Waals surface area contributed by atoms with E-state index in [2.05, 4.69) is 69.2 Å². The van der Waals surface area contributed by atoms with E-state index in [0.717, 1.165) is 100 Å². The molecule has 0 saturated heterocycles. The van der Waals surface area contributed by atoms with Crippen molar-refractivity contribution in [1.82, 2.24) is 0 Å². The third-order valence-corrected chi connectivity index (χ3v) is 24.7. The second-order valence-corrected chi connectivity index (χ2v) is 27.8. The predicted molar refractivity (Wildman–Crippen MR) is 265 cm³/mol. The summed E-state index contributed by atoms with van der Waals surface area (Å²) in [5.74, 6) is -2.73. The van der Waals surface area contributed by atoms with Gasteiger partial charge < -0.3 is 29.2 Å². The van der Waals surface area contributed by atoms with Crippen molar-refractivity contribution in [2.75, 3.05) is 14.2 Å². The maximum atomic E-state index is 14.9. The minimum Gasteiger partial charge on any atom is -0.471 e. The Morgan fingerprint density at radius 2 is 1.20 bits per heavy atom. The van der Waals surface area contributed by atoms with E-state index in [-0.39, 0.29) is 73.7 Å². The second kappa shape index (κ2) is 14.1. The summed E-state index contributed by atoms with van der Waals surface area (Å²) in [5, 5.41) is 25.7. The van der Waals surface area contributed by atoms with Gasteiger partial charge in [0.05, 0.1) is 31.2 Å². The maximum Gasteiger partial charge on any atom is 0.317 e. The fourth-order valence-electron chi connectivity index (χ4n) is 19.6. The quantitative estimate of drug-likeness (QED) is 0.275. The third kappa shape index (κ3) is 5.44. The Bertz CT molecular complexity index is 2700. The van der Waals surface area contributed by atoms with Crippen LogP contribution in [0.15, 0.2) is 41.0 Å². The first kappa shape index (κ1) is 48.5. The van der Waals surface area contributed by atoms with Crippen LogP contribution < -0.4 is 9.47 Å². The first-order valence-electron chi connectivity index (χ1n) is 26.8. The molecular formula is C60H80O10. The monoisotopic (exact) mass is 961 g/mol. The number of allylic oxidation sites excluding steroid dienone is 2. The molecule has 1 aromatic rings. The minimum absolute atomic E-state index is 0.0481. The Balaban J connectivity index is 0.972. The largest absolute Gasteiger partial charge is 0.471 e. The van der Waals surface area contributed by atoms with E-state index >= 15 is 0 Å². The number of carbonyl (C=O) groups excluding carboxylic acids is 4. The molecule has 0 radical (unpaired) electrons. The highest BCUT2D eigenvalue weighted by molar-refractivity contribution is 6.10. The van der Waals surface area contributed by atoms with Crippen LogP contribution in [0.1, 0.15) is 188 Å². The van der Waals surface area contributed by atoms with E-state index < -0.39 is 44.9 Å². The summed E-state index contributed by atoms with van der Waals surface area (Å²) in [7, 11) is 2.99. The highest BCUT2D eigenvalue weighted by Crippen LogP contribution is 2.78. The molecule has 380 valence electrons. The fourth-order valence-corrected chi connectivity index (χ4v) is 19.6. The van der Waals surface area contributed by atoms with Crippen molar-refractivity contribution in [3.05, 3.63) is 57.7 Å². The molecule has 1 aromatic carbocycles. The number of rotatable bonds is 2. The van der Waals surface area contributed by atoms with Crippen molar-refractivity contribution in [3.8, 4) is 11.5 Å².